The third kappa shape index (κ3) is 1.93. The predicted octanol–water partition coefficient (Wildman–Crippen LogP) is 1.81. The molecule has 0 amide bonds. The van der Waals surface area contributed by atoms with Crippen molar-refractivity contribution in [1.29, 1.82) is 5.26 Å². The minimum atomic E-state index is -2.87. The van der Waals surface area contributed by atoms with Gasteiger partial charge < -0.3 is 5.73 Å². The van der Waals surface area contributed by atoms with Crippen LogP contribution in [-0.4, -0.2) is 4.98 Å². The Morgan fingerprint density at radius 1 is 1.57 bits per heavy atom. The van der Waals surface area contributed by atoms with Gasteiger partial charge in [-0.05, 0) is 11.6 Å². The molecule has 0 unspecified atom stereocenters. The number of nitrogens with two attached hydrogens (primary N) is 1. The summed E-state index contributed by atoms with van der Waals surface area (Å²) in [5.41, 5.74) is 4.18. The first-order chi connectivity index (χ1) is 6.56. The van der Waals surface area contributed by atoms with Gasteiger partial charge in [0.15, 0.2) is 0 Å². The molecule has 0 saturated heterocycles. The molecule has 0 aliphatic carbocycles. The minimum Gasteiger partial charge on any atom is -0.395 e. The standard InChI is InChI=1S/C8H6F3N3/c9-7(10)5-3-4(1-2-12)6(13)8(11)14-5/h3,7H,1,13H2. The molecule has 0 aliphatic heterocycles. The molecule has 0 fully saturated rings. The van der Waals surface area contributed by atoms with Crippen molar-refractivity contribution in [2.45, 2.75) is 12.8 Å². The van der Waals surface area contributed by atoms with Crippen LogP contribution in [0.4, 0.5) is 18.9 Å². The average Bonchev–Trinajstić information content (AvgIpc) is 2.12. The van der Waals surface area contributed by atoms with E-state index >= 15 is 0 Å². The van der Waals surface area contributed by atoms with Crippen molar-refractivity contribution in [1.82, 2.24) is 4.98 Å². The predicted molar refractivity (Wildman–Crippen MR) is 42.9 cm³/mol. The summed E-state index contributed by atoms with van der Waals surface area (Å²) in [6, 6.07) is 2.64. The van der Waals surface area contributed by atoms with E-state index < -0.39 is 18.1 Å². The molecule has 1 rings (SSSR count). The maximum atomic E-state index is 12.8. The molecule has 0 aliphatic rings. The van der Waals surface area contributed by atoms with Crippen LogP contribution in [0.2, 0.25) is 0 Å². The molecule has 3 nitrogen and oxygen atoms in total. The Morgan fingerprint density at radius 3 is 2.71 bits per heavy atom. The number of anilines is 1. The van der Waals surface area contributed by atoms with Crippen molar-refractivity contribution in [2.24, 2.45) is 0 Å². The van der Waals surface area contributed by atoms with Gasteiger partial charge >= 0.3 is 0 Å². The van der Waals surface area contributed by atoms with Crippen LogP contribution in [0.3, 0.4) is 0 Å². The summed E-state index contributed by atoms with van der Waals surface area (Å²) < 4.78 is 37.1. The summed E-state index contributed by atoms with van der Waals surface area (Å²) in [5, 5.41) is 8.33. The van der Waals surface area contributed by atoms with E-state index in [-0.39, 0.29) is 17.7 Å². The molecule has 0 saturated carbocycles. The average molecular weight is 201 g/mol. The molecule has 0 spiro atoms. The smallest absolute Gasteiger partial charge is 0.280 e. The number of rotatable bonds is 2. The molecule has 2 N–H and O–H groups in total. The first-order valence-electron chi connectivity index (χ1n) is 3.66. The van der Waals surface area contributed by atoms with E-state index in [2.05, 4.69) is 4.98 Å². The minimum absolute atomic E-state index is 0.0373. The largest absolute Gasteiger partial charge is 0.395 e. The van der Waals surface area contributed by atoms with Gasteiger partial charge in [0.25, 0.3) is 6.43 Å². The zero-order chi connectivity index (χ0) is 10.7. The van der Waals surface area contributed by atoms with Crippen molar-refractivity contribution in [3.05, 3.63) is 23.3 Å². The summed E-state index contributed by atoms with van der Waals surface area (Å²) in [5.74, 6) is -1.16. The number of nitrogen functional groups attached to an aromatic ring is 1. The van der Waals surface area contributed by atoms with Gasteiger partial charge in [0, 0.05) is 0 Å². The van der Waals surface area contributed by atoms with E-state index in [4.69, 9.17) is 11.0 Å². The third-order valence-electron chi connectivity index (χ3n) is 1.61. The lowest BCUT2D eigenvalue weighted by atomic mass is 10.1. The van der Waals surface area contributed by atoms with Crippen molar-refractivity contribution in [3.63, 3.8) is 0 Å². The Bertz CT molecular complexity index is 384. The second-order valence-corrected chi connectivity index (χ2v) is 2.55. The fourth-order valence-corrected chi connectivity index (χ4v) is 0.938. The fourth-order valence-electron chi connectivity index (χ4n) is 0.938. The van der Waals surface area contributed by atoms with Gasteiger partial charge in [0.2, 0.25) is 5.95 Å². The van der Waals surface area contributed by atoms with Crippen molar-refractivity contribution >= 4 is 5.69 Å². The van der Waals surface area contributed by atoms with E-state index in [9.17, 15) is 13.2 Å². The van der Waals surface area contributed by atoms with Crippen LogP contribution in [0.15, 0.2) is 6.07 Å². The quantitative estimate of drug-likeness (QED) is 0.742. The highest BCUT2D eigenvalue weighted by Gasteiger charge is 2.15. The van der Waals surface area contributed by atoms with Gasteiger partial charge in [-0.25, -0.2) is 13.8 Å². The van der Waals surface area contributed by atoms with Crippen LogP contribution in [0, 0.1) is 17.3 Å². The number of halogens is 3. The molecule has 0 bridgehead atoms. The fraction of sp³-hybridized carbons (Fsp3) is 0.250. The topological polar surface area (TPSA) is 62.7 Å². The maximum absolute atomic E-state index is 12.8. The highest BCUT2D eigenvalue weighted by Crippen LogP contribution is 2.22. The Balaban J connectivity index is 3.22. The van der Waals surface area contributed by atoms with E-state index in [1.807, 2.05) is 0 Å². The van der Waals surface area contributed by atoms with Gasteiger partial charge in [-0.3, -0.25) is 0 Å². The summed E-state index contributed by atoms with van der Waals surface area (Å²) in [7, 11) is 0. The van der Waals surface area contributed by atoms with Gasteiger partial charge in [0.1, 0.15) is 5.69 Å². The first-order valence-corrected chi connectivity index (χ1v) is 3.66. The zero-order valence-corrected chi connectivity index (χ0v) is 6.97. The highest BCUT2D eigenvalue weighted by molar-refractivity contribution is 5.47. The number of aromatic nitrogens is 1. The molecule has 14 heavy (non-hydrogen) atoms. The van der Waals surface area contributed by atoms with Crippen molar-refractivity contribution in [3.8, 4) is 6.07 Å². The Hall–Kier alpha value is -1.77. The zero-order valence-electron chi connectivity index (χ0n) is 6.97. The van der Waals surface area contributed by atoms with Crippen LogP contribution in [0.25, 0.3) is 0 Å². The molecule has 0 aromatic carbocycles. The van der Waals surface area contributed by atoms with E-state index in [0.29, 0.717) is 0 Å². The summed E-state index contributed by atoms with van der Waals surface area (Å²) >= 11 is 0. The lowest BCUT2D eigenvalue weighted by molar-refractivity contribution is 0.144. The second-order valence-electron chi connectivity index (χ2n) is 2.55. The molecular formula is C8H6F3N3. The van der Waals surface area contributed by atoms with Crippen molar-refractivity contribution in [2.75, 3.05) is 5.73 Å². The van der Waals surface area contributed by atoms with E-state index in [0.717, 1.165) is 6.07 Å². The van der Waals surface area contributed by atoms with Gasteiger partial charge in [-0.15, -0.1) is 0 Å². The first kappa shape index (κ1) is 10.3. The third-order valence-corrected chi connectivity index (χ3v) is 1.61. The van der Waals surface area contributed by atoms with E-state index in [1.165, 1.54) is 0 Å². The lowest BCUT2D eigenvalue weighted by Gasteiger charge is -2.05. The number of pyridine rings is 1. The van der Waals surface area contributed by atoms with Crippen molar-refractivity contribution < 1.29 is 13.2 Å². The normalized spacial score (nSPS) is 10.2. The van der Waals surface area contributed by atoms with Crippen LogP contribution in [0.1, 0.15) is 17.7 Å². The molecular weight excluding hydrogens is 195 g/mol. The van der Waals surface area contributed by atoms with Gasteiger partial charge in [-0.1, -0.05) is 0 Å². The SMILES string of the molecule is N#CCc1cc(C(F)F)nc(F)c1N. The number of hydrogen-bond donors (Lipinski definition) is 1. The Labute approximate surface area is 78.0 Å². The molecule has 74 valence electrons. The molecule has 6 heteroatoms. The summed E-state index contributed by atoms with van der Waals surface area (Å²) in [6.45, 7) is 0. The van der Waals surface area contributed by atoms with Gasteiger partial charge in [-0.2, -0.15) is 9.65 Å². The number of hydrogen-bond acceptors (Lipinski definition) is 3. The molecule has 1 heterocycles. The maximum Gasteiger partial charge on any atom is 0.280 e. The molecule has 1 aromatic rings. The van der Waals surface area contributed by atoms with Crippen LogP contribution in [0.5, 0.6) is 0 Å². The van der Waals surface area contributed by atoms with Gasteiger partial charge in [0.05, 0.1) is 18.2 Å². The molecule has 0 radical (unpaired) electrons. The summed E-state index contributed by atoms with van der Waals surface area (Å²) in [6.07, 6.45) is -3.09. The lowest BCUT2D eigenvalue weighted by Crippen LogP contribution is -2.04. The Kier molecular flexibility index (Phi) is 2.92. The monoisotopic (exact) mass is 201 g/mol. The second kappa shape index (κ2) is 3.96. The van der Waals surface area contributed by atoms with Crippen LogP contribution < -0.4 is 5.73 Å². The Morgan fingerprint density at radius 2 is 2.21 bits per heavy atom. The number of alkyl halides is 2. The van der Waals surface area contributed by atoms with Crippen LogP contribution >= 0.6 is 0 Å². The number of nitrogens with zero attached hydrogens (tertiary/aromatic N) is 2. The number of nitriles is 1. The molecule has 1 aromatic heterocycles. The summed E-state index contributed by atoms with van der Waals surface area (Å²) in [4.78, 5) is 2.96. The molecule has 0 atom stereocenters. The van der Waals surface area contributed by atoms with Crippen LogP contribution in [-0.2, 0) is 6.42 Å². The van der Waals surface area contributed by atoms with E-state index in [1.54, 1.807) is 6.07 Å². The highest BCUT2D eigenvalue weighted by atomic mass is 19.3.